The number of para-hydroxylation sites is 2. The molecule has 4 heteroatoms. The molecule has 22 heavy (non-hydrogen) atoms. The number of anilines is 2. The lowest BCUT2D eigenvalue weighted by atomic mass is 10.1. The van der Waals surface area contributed by atoms with Gasteiger partial charge in [0.1, 0.15) is 0 Å². The molecule has 2 rings (SSSR count). The van der Waals surface area contributed by atoms with Crippen LogP contribution < -0.4 is 9.80 Å². The topological polar surface area (TPSA) is 26.7 Å². The molecule has 0 unspecified atom stereocenters. The van der Waals surface area contributed by atoms with Crippen molar-refractivity contribution in [3.63, 3.8) is 0 Å². The molecule has 0 saturated heterocycles. The SMILES string of the molecule is Br.CN1CN(CCCCCCCCCCO)c2ccccc21. The Bertz CT molecular complexity index is 414. The fourth-order valence-electron chi connectivity index (χ4n) is 3.13. The highest BCUT2D eigenvalue weighted by Crippen LogP contribution is 2.34. The van der Waals surface area contributed by atoms with Gasteiger partial charge in [0.15, 0.2) is 0 Å². The van der Waals surface area contributed by atoms with E-state index >= 15 is 0 Å². The summed E-state index contributed by atoms with van der Waals surface area (Å²) in [5.74, 6) is 0. The molecule has 0 fully saturated rings. The number of nitrogens with zero attached hydrogens (tertiary/aromatic N) is 2. The summed E-state index contributed by atoms with van der Waals surface area (Å²) in [6.07, 6.45) is 10.1. The van der Waals surface area contributed by atoms with Crippen LogP contribution >= 0.6 is 17.0 Å². The lowest BCUT2D eigenvalue weighted by Gasteiger charge is -2.19. The Balaban J connectivity index is 0.00000242. The van der Waals surface area contributed by atoms with E-state index in [4.69, 9.17) is 5.11 Å². The quantitative estimate of drug-likeness (QED) is 0.610. The van der Waals surface area contributed by atoms with Gasteiger partial charge in [-0.3, -0.25) is 0 Å². The van der Waals surface area contributed by atoms with E-state index in [0.29, 0.717) is 6.61 Å². The first-order valence-corrected chi connectivity index (χ1v) is 8.49. The summed E-state index contributed by atoms with van der Waals surface area (Å²) in [6, 6.07) is 8.70. The minimum Gasteiger partial charge on any atom is -0.396 e. The van der Waals surface area contributed by atoms with Crippen molar-refractivity contribution in [2.45, 2.75) is 51.4 Å². The van der Waals surface area contributed by atoms with Crippen LogP contribution in [0.25, 0.3) is 0 Å². The van der Waals surface area contributed by atoms with Gasteiger partial charge in [-0.2, -0.15) is 0 Å². The smallest absolute Gasteiger partial charge is 0.0901 e. The van der Waals surface area contributed by atoms with Gasteiger partial charge in [-0.15, -0.1) is 17.0 Å². The van der Waals surface area contributed by atoms with E-state index in [2.05, 4.69) is 41.1 Å². The van der Waals surface area contributed by atoms with Crippen molar-refractivity contribution in [1.29, 1.82) is 0 Å². The summed E-state index contributed by atoms with van der Waals surface area (Å²) in [5.41, 5.74) is 2.75. The number of unbranched alkanes of at least 4 members (excludes halogenated alkanes) is 7. The van der Waals surface area contributed by atoms with Crippen molar-refractivity contribution in [3.05, 3.63) is 24.3 Å². The molecule has 1 aromatic carbocycles. The van der Waals surface area contributed by atoms with Crippen molar-refractivity contribution in [2.24, 2.45) is 0 Å². The molecular weight excluding hydrogens is 340 g/mol. The number of aliphatic hydroxyl groups excluding tert-OH is 1. The molecule has 126 valence electrons. The number of halogens is 1. The first kappa shape index (κ1) is 19.3. The van der Waals surface area contributed by atoms with Crippen LogP contribution in [0.2, 0.25) is 0 Å². The first-order valence-electron chi connectivity index (χ1n) is 8.49. The number of aliphatic hydroxyl groups is 1. The molecule has 0 bridgehead atoms. The zero-order chi connectivity index (χ0) is 14.9. The summed E-state index contributed by atoms with van der Waals surface area (Å²) in [6.45, 7) is 2.55. The molecular formula is C18H31BrN2O. The minimum atomic E-state index is 0. The molecule has 0 aromatic heterocycles. The van der Waals surface area contributed by atoms with E-state index in [1.54, 1.807) is 0 Å². The summed E-state index contributed by atoms with van der Waals surface area (Å²) in [4.78, 5) is 4.83. The van der Waals surface area contributed by atoms with Gasteiger partial charge in [-0.05, 0) is 25.0 Å². The number of rotatable bonds is 10. The highest BCUT2D eigenvalue weighted by Gasteiger charge is 2.21. The summed E-state index contributed by atoms with van der Waals surface area (Å²) in [5, 5.41) is 8.72. The molecule has 1 aromatic rings. The zero-order valence-electron chi connectivity index (χ0n) is 13.8. The van der Waals surface area contributed by atoms with Gasteiger partial charge in [-0.25, -0.2) is 0 Å². The molecule has 0 amide bonds. The molecule has 1 N–H and O–H groups in total. The molecule has 1 heterocycles. The second kappa shape index (κ2) is 10.9. The Morgan fingerprint density at radius 1 is 0.864 bits per heavy atom. The molecule has 1 aliphatic rings. The van der Waals surface area contributed by atoms with Gasteiger partial charge in [0, 0.05) is 20.2 Å². The Labute approximate surface area is 146 Å². The van der Waals surface area contributed by atoms with Crippen LogP contribution in [0.1, 0.15) is 51.4 Å². The van der Waals surface area contributed by atoms with E-state index in [-0.39, 0.29) is 17.0 Å². The number of fused-ring (bicyclic) bond motifs is 1. The van der Waals surface area contributed by atoms with Gasteiger partial charge >= 0.3 is 0 Å². The standard InChI is InChI=1S/C18H30N2O.BrH/c1-19-16-20(18-13-9-8-12-17(18)19)14-10-6-4-2-3-5-7-11-15-21;/h8-9,12-13,21H,2-7,10-11,14-16H2,1H3;1H. The Hall–Kier alpha value is -0.740. The maximum Gasteiger partial charge on any atom is 0.0901 e. The molecule has 0 spiro atoms. The van der Waals surface area contributed by atoms with Gasteiger partial charge in [0.05, 0.1) is 18.0 Å². The van der Waals surface area contributed by atoms with E-state index in [1.165, 1.54) is 62.9 Å². The van der Waals surface area contributed by atoms with Crippen LogP contribution in [0.3, 0.4) is 0 Å². The molecule has 0 atom stereocenters. The molecule has 3 nitrogen and oxygen atoms in total. The second-order valence-electron chi connectivity index (χ2n) is 6.14. The van der Waals surface area contributed by atoms with E-state index in [1.807, 2.05) is 0 Å². The molecule has 0 radical (unpaired) electrons. The molecule has 1 aliphatic heterocycles. The highest BCUT2D eigenvalue weighted by atomic mass is 79.9. The number of benzene rings is 1. The average molecular weight is 371 g/mol. The largest absolute Gasteiger partial charge is 0.396 e. The molecule has 0 saturated carbocycles. The molecule has 0 aliphatic carbocycles. The van der Waals surface area contributed by atoms with Crippen molar-refractivity contribution in [1.82, 2.24) is 0 Å². The van der Waals surface area contributed by atoms with Crippen LogP contribution in [0.15, 0.2) is 24.3 Å². The van der Waals surface area contributed by atoms with Crippen LogP contribution in [0.4, 0.5) is 11.4 Å². The maximum absolute atomic E-state index is 8.72. The highest BCUT2D eigenvalue weighted by molar-refractivity contribution is 8.93. The second-order valence-corrected chi connectivity index (χ2v) is 6.14. The Morgan fingerprint density at radius 3 is 2.05 bits per heavy atom. The third kappa shape index (κ3) is 5.81. The van der Waals surface area contributed by atoms with Crippen molar-refractivity contribution >= 4 is 28.4 Å². The van der Waals surface area contributed by atoms with Crippen molar-refractivity contribution < 1.29 is 5.11 Å². The van der Waals surface area contributed by atoms with Gasteiger partial charge in [-0.1, -0.05) is 50.7 Å². The van der Waals surface area contributed by atoms with Gasteiger partial charge in [0.25, 0.3) is 0 Å². The summed E-state index contributed by atoms with van der Waals surface area (Å²) in [7, 11) is 2.17. The van der Waals surface area contributed by atoms with E-state index in [0.717, 1.165) is 13.1 Å². The zero-order valence-corrected chi connectivity index (χ0v) is 15.6. The lowest BCUT2D eigenvalue weighted by molar-refractivity contribution is 0.282. The van der Waals surface area contributed by atoms with Gasteiger partial charge in [0.2, 0.25) is 0 Å². The Kier molecular flexibility index (Phi) is 9.56. The summed E-state index contributed by atoms with van der Waals surface area (Å²) >= 11 is 0. The Morgan fingerprint density at radius 2 is 1.41 bits per heavy atom. The predicted octanol–water partition coefficient (Wildman–Crippen LogP) is 4.59. The van der Waals surface area contributed by atoms with Crippen LogP contribution in [-0.4, -0.2) is 32.0 Å². The van der Waals surface area contributed by atoms with Crippen molar-refractivity contribution in [3.8, 4) is 0 Å². The maximum atomic E-state index is 8.72. The summed E-state index contributed by atoms with van der Waals surface area (Å²) < 4.78 is 0. The van der Waals surface area contributed by atoms with Gasteiger partial charge < -0.3 is 14.9 Å². The van der Waals surface area contributed by atoms with Crippen LogP contribution in [0, 0.1) is 0 Å². The van der Waals surface area contributed by atoms with Crippen LogP contribution in [-0.2, 0) is 0 Å². The predicted molar refractivity (Wildman–Crippen MR) is 101 cm³/mol. The lowest BCUT2D eigenvalue weighted by Crippen LogP contribution is -2.28. The average Bonchev–Trinajstić information content (AvgIpc) is 2.83. The fourth-order valence-corrected chi connectivity index (χ4v) is 3.13. The third-order valence-electron chi connectivity index (χ3n) is 4.35. The minimum absolute atomic E-state index is 0. The number of hydrogen-bond acceptors (Lipinski definition) is 3. The first-order chi connectivity index (χ1) is 10.3. The van der Waals surface area contributed by atoms with Crippen molar-refractivity contribution in [2.75, 3.05) is 36.7 Å². The third-order valence-corrected chi connectivity index (χ3v) is 4.35. The monoisotopic (exact) mass is 370 g/mol. The normalized spacial score (nSPS) is 13.2. The number of hydrogen-bond donors (Lipinski definition) is 1. The van der Waals surface area contributed by atoms with Crippen LogP contribution in [0.5, 0.6) is 0 Å². The van der Waals surface area contributed by atoms with E-state index in [9.17, 15) is 0 Å². The van der Waals surface area contributed by atoms with E-state index < -0.39 is 0 Å². The fraction of sp³-hybridized carbons (Fsp3) is 0.667.